The minimum Gasteiger partial charge on any atom is -0.309 e. The molecule has 0 aliphatic rings. The first-order valence-corrected chi connectivity index (χ1v) is 15.1. The van der Waals surface area contributed by atoms with Crippen LogP contribution < -0.4 is 0 Å². The van der Waals surface area contributed by atoms with Crippen LogP contribution in [-0.4, -0.2) is 19.3 Å². The SMILES string of the molecule is CCCCC(CCCC)(c1ccc2c3ccccc3n(-c3cccc(-n4nc(C)cc4C)c3)c2c1)c1ccccn1. The number of fused-ring (bicyclic) bond motifs is 3. The van der Waals surface area contributed by atoms with E-state index in [9.17, 15) is 0 Å². The molecule has 3 aromatic carbocycles. The van der Waals surface area contributed by atoms with Crippen LogP contribution >= 0.6 is 0 Å². The Balaban J connectivity index is 1.61. The summed E-state index contributed by atoms with van der Waals surface area (Å²) in [5, 5.41) is 7.32. The van der Waals surface area contributed by atoms with E-state index in [0.717, 1.165) is 35.6 Å². The minimum absolute atomic E-state index is 0.117. The lowest BCUT2D eigenvalue weighted by Crippen LogP contribution is -2.29. The van der Waals surface area contributed by atoms with E-state index >= 15 is 0 Å². The highest BCUT2D eigenvalue weighted by molar-refractivity contribution is 6.09. The van der Waals surface area contributed by atoms with Crippen molar-refractivity contribution >= 4 is 21.8 Å². The van der Waals surface area contributed by atoms with Crippen molar-refractivity contribution in [2.45, 2.75) is 71.6 Å². The Hall–Kier alpha value is -4.18. The topological polar surface area (TPSA) is 35.6 Å². The maximum Gasteiger partial charge on any atom is 0.0669 e. The molecule has 0 bridgehead atoms. The highest BCUT2D eigenvalue weighted by atomic mass is 15.3. The molecule has 41 heavy (non-hydrogen) atoms. The standard InChI is InChI=1S/C37H40N4/c1-5-7-21-37(22-8-6-2,36-18-11-12-23-38-36)29-19-20-33-32-16-9-10-17-34(32)40(35(33)25-29)30-14-13-15-31(26-30)41-28(4)24-27(3)39-41/h9-20,23-26H,5-8,21-22H2,1-4H3. The fourth-order valence-corrected chi connectivity index (χ4v) is 6.62. The molecule has 6 aromatic rings. The number of nitrogens with zero attached hydrogens (tertiary/aromatic N) is 4. The molecule has 6 rings (SSSR count). The first-order valence-electron chi connectivity index (χ1n) is 15.1. The van der Waals surface area contributed by atoms with Crippen molar-refractivity contribution in [3.63, 3.8) is 0 Å². The Kier molecular flexibility index (Phi) is 7.49. The summed E-state index contributed by atoms with van der Waals surface area (Å²) < 4.78 is 4.48. The Morgan fingerprint density at radius 1 is 0.683 bits per heavy atom. The second-order valence-electron chi connectivity index (χ2n) is 11.4. The van der Waals surface area contributed by atoms with Crippen LogP contribution in [0.3, 0.4) is 0 Å². The summed E-state index contributed by atoms with van der Waals surface area (Å²) in [6.07, 6.45) is 8.84. The van der Waals surface area contributed by atoms with Crippen molar-refractivity contribution in [1.29, 1.82) is 0 Å². The molecule has 0 amide bonds. The number of para-hydroxylation sites is 1. The number of aryl methyl sites for hydroxylation is 2. The summed E-state index contributed by atoms with van der Waals surface area (Å²) in [7, 11) is 0. The van der Waals surface area contributed by atoms with Gasteiger partial charge in [0.05, 0.1) is 28.1 Å². The van der Waals surface area contributed by atoms with E-state index in [-0.39, 0.29) is 5.41 Å². The second kappa shape index (κ2) is 11.4. The Labute approximate surface area is 243 Å². The van der Waals surface area contributed by atoms with Gasteiger partial charge in [-0.3, -0.25) is 4.98 Å². The molecule has 4 heteroatoms. The van der Waals surface area contributed by atoms with Crippen LogP contribution in [0.15, 0.2) is 97.2 Å². The zero-order valence-corrected chi connectivity index (χ0v) is 24.8. The van der Waals surface area contributed by atoms with E-state index in [1.807, 2.05) is 23.9 Å². The fraction of sp³-hybridized carbons (Fsp3) is 0.297. The van der Waals surface area contributed by atoms with Gasteiger partial charge in [0.1, 0.15) is 0 Å². The average Bonchev–Trinajstić information content (AvgIpc) is 3.53. The molecule has 0 saturated carbocycles. The third kappa shape index (κ3) is 4.86. The third-order valence-electron chi connectivity index (χ3n) is 8.64. The summed E-state index contributed by atoms with van der Waals surface area (Å²) in [6, 6.07) is 33.3. The highest BCUT2D eigenvalue weighted by Crippen LogP contribution is 2.43. The molecule has 0 N–H and O–H groups in total. The summed E-state index contributed by atoms with van der Waals surface area (Å²) in [6.45, 7) is 8.75. The van der Waals surface area contributed by atoms with E-state index in [2.05, 4.69) is 110 Å². The van der Waals surface area contributed by atoms with E-state index in [1.54, 1.807) is 0 Å². The lowest BCUT2D eigenvalue weighted by atomic mass is 9.70. The quantitative estimate of drug-likeness (QED) is 0.173. The first kappa shape index (κ1) is 27.0. The zero-order valence-electron chi connectivity index (χ0n) is 24.8. The maximum atomic E-state index is 4.98. The smallest absolute Gasteiger partial charge is 0.0669 e. The Morgan fingerprint density at radius 2 is 1.41 bits per heavy atom. The van der Waals surface area contributed by atoms with Gasteiger partial charge in [-0.25, -0.2) is 4.68 Å². The molecule has 3 aromatic heterocycles. The lowest BCUT2D eigenvalue weighted by molar-refractivity contribution is 0.396. The molecule has 4 nitrogen and oxygen atoms in total. The lowest BCUT2D eigenvalue weighted by Gasteiger charge is -2.34. The zero-order chi connectivity index (χ0) is 28.4. The average molecular weight is 541 g/mol. The van der Waals surface area contributed by atoms with Crippen LogP contribution in [0.1, 0.15) is 75.0 Å². The molecule has 208 valence electrons. The number of pyridine rings is 1. The molecular weight excluding hydrogens is 500 g/mol. The second-order valence-corrected chi connectivity index (χ2v) is 11.4. The molecule has 0 aliphatic heterocycles. The number of hydrogen-bond donors (Lipinski definition) is 0. The summed E-state index contributed by atoms with van der Waals surface area (Å²) in [5.74, 6) is 0. The van der Waals surface area contributed by atoms with Gasteiger partial charge in [-0.2, -0.15) is 5.10 Å². The normalized spacial score (nSPS) is 12.0. The molecule has 0 spiro atoms. The fourth-order valence-electron chi connectivity index (χ4n) is 6.62. The molecule has 0 saturated heterocycles. The van der Waals surface area contributed by atoms with Crippen LogP contribution in [0.2, 0.25) is 0 Å². The Morgan fingerprint density at radius 3 is 2.12 bits per heavy atom. The first-order chi connectivity index (χ1) is 20.1. The van der Waals surface area contributed by atoms with Gasteiger partial charge >= 0.3 is 0 Å². The predicted molar refractivity (Wildman–Crippen MR) is 171 cm³/mol. The maximum absolute atomic E-state index is 4.98. The number of hydrogen-bond acceptors (Lipinski definition) is 2. The predicted octanol–water partition coefficient (Wildman–Crippen LogP) is 9.65. The van der Waals surface area contributed by atoms with Crippen molar-refractivity contribution < 1.29 is 0 Å². The molecular formula is C37H40N4. The highest BCUT2D eigenvalue weighted by Gasteiger charge is 2.35. The van der Waals surface area contributed by atoms with Gasteiger partial charge in [-0.05, 0) is 80.8 Å². The molecule has 0 aliphatic carbocycles. The Bertz CT molecular complexity index is 1780. The van der Waals surface area contributed by atoms with Crippen molar-refractivity contribution in [2.24, 2.45) is 0 Å². The van der Waals surface area contributed by atoms with E-state index in [4.69, 9.17) is 10.1 Å². The van der Waals surface area contributed by atoms with Gasteiger partial charge in [-0.15, -0.1) is 0 Å². The molecule has 0 unspecified atom stereocenters. The van der Waals surface area contributed by atoms with Crippen LogP contribution in [0.4, 0.5) is 0 Å². The number of aromatic nitrogens is 4. The molecule has 0 fully saturated rings. The summed E-state index contributed by atoms with van der Waals surface area (Å²) in [4.78, 5) is 4.98. The van der Waals surface area contributed by atoms with Gasteiger partial charge in [0.15, 0.2) is 0 Å². The number of unbranched alkanes of at least 4 members (excludes halogenated alkanes) is 2. The van der Waals surface area contributed by atoms with Crippen molar-refractivity contribution in [1.82, 2.24) is 19.3 Å². The molecule has 3 heterocycles. The van der Waals surface area contributed by atoms with Crippen molar-refractivity contribution in [3.05, 3.63) is 120 Å². The van der Waals surface area contributed by atoms with Gasteiger partial charge in [0.2, 0.25) is 0 Å². The monoisotopic (exact) mass is 540 g/mol. The number of rotatable bonds is 10. The van der Waals surface area contributed by atoms with Crippen LogP contribution in [0.5, 0.6) is 0 Å². The summed E-state index contributed by atoms with van der Waals surface area (Å²) >= 11 is 0. The number of benzene rings is 3. The molecule has 0 atom stereocenters. The third-order valence-corrected chi connectivity index (χ3v) is 8.64. The minimum atomic E-state index is -0.117. The van der Waals surface area contributed by atoms with Gasteiger partial charge in [0, 0.05) is 33.8 Å². The van der Waals surface area contributed by atoms with Crippen LogP contribution in [0.25, 0.3) is 33.2 Å². The van der Waals surface area contributed by atoms with E-state index in [0.29, 0.717) is 0 Å². The van der Waals surface area contributed by atoms with Gasteiger partial charge in [-0.1, -0.05) is 82.0 Å². The van der Waals surface area contributed by atoms with Crippen LogP contribution in [0, 0.1) is 13.8 Å². The van der Waals surface area contributed by atoms with E-state index < -0.39 is 0 Å². The van der Waals surface area contributed by atoms with Crippen molar-refractivity contribution in [2.75, 3.05) is 0 Å². The van der Waals surface area contributed by atoms with Gasteiger partial charge in [0.25, 0.3) is 0 Å². The van der Waals surface area contributed by atoms with Crippen molar-refractivity contribution in [3.8, 4) is 11.4 Å². The molecule has 0 radical (unpaired) electrons. The van der Waals surface area contributed by atoms with Crippen LogP contribution in [-0.2, 0) is 5.41 Å². The largest absolute Gasteiger partial charge is 0.309 e. The van der Waals surface area contributed by atoms with E-state index in [1.165, 1.54) is 58.7 Å². The van der Waals surface area contributed by atoms with Gasteiger partial charge < -0.3 is 4.57 Å². The summed E-state index contributed by atoms with van der Waals surface area (Å²) in [5.41, 5.74) is 9.27.